The third-order valence-corrected chi connectivity index (χ3v) is 17.1. The Hall–Kier alpha value is -2.46. The number of hydrogen-bond acceptors (Lipinski definition) is 15. The van der Waals surface area contributed by atoms with Crippen molar-refractivity contribution in [3.8, 4) is 0 Å². The molecule has 0 radical (unpaired) electrons. The fourth-order valence-electron chi connectivity index (χ4n) is 9.75. The molecule has 0 saturated heterocycles. The van der Waals surface area contributed by atoms with Gasteiger partial charge in [-0.25, -0.2) is 9.13 Å². The number of ether oxygens (including phenoxy) is 4. The Labute approximate surface area is 529 Å². The van der Waals surface area contributed by atoms with Gasteiger partial charge < -0.3 is 33.8 Å². The summed E-state index contributed by atoms with van der Waals surface area (Å²) in [7, 11) is -9.90. The monoisotopic (exact) mass is 1280 g/mol. The molecule has 87 heavy (non-hydrogen) atoms. The zero-order chi connectivity index (χ0) is 64.2. The number of esters is 4. The van der Waals surface area contributed by atoms with Crippen molar-refractivity contribution in [3.05, 3.63) is 24.3 Å². The highest BCUT2D eigenvalue weighted by atomic mass is 31.2. The Morgan fingerprint density at radius 1 is 0.356 bits per heavy atom. The molecule has 0 aromatic heterocycles. The molecule has 0 heterocycles. The fourth-order valence-corrected chi connectivity index (χ4v) is 11.3. The summed E-state index contributed by atoms with van der Waals surface area (Å²) in [5.74, 6) is -1.43. The van der Waals surface area contributed by atoms with E-state index < -0.39 is 97.5 Å². The second-order valence-corrected chi connectivity index (χ2v) is 27.3. The van der Waals surface area contributed by atoms with Crippen LogP contribution in [-0.4, -0.2) is 96.7 Å². The van der Waals surface area contributed by atoms with Gasteiger partial charge >= 0.3 is 39.5 Å². The van der Waals surface area contributed by atoms with Crippen molar-refractivity contribution in [2.24, 2.45) is 5.92 Å². The Kier molecular flexibility index (Phi) is 59.3. The molecule has 0 bridgehead atoms. The van der Waals surface area contributed by atoms with E-state index in [1.165, 1.54) is 128 Å². The smallest absolute Gasteiger partial charge is 0.462 e. The summed E-state index contributed by atoms with van der Waals surface area (Å²) in [6.45, 7) is 7.05. The summed E-state index contributed by atoms with van der Waals surface area (Å²) in [4.78, 5) is 72.2. The summed E-state index contributed by atoms with van der Waals surface area (Å²) < 4.78 is 67.9. The second-order valence-electron chi connectivity index (χ2n) is 24.4. The first-order chi connectivity index (χ1) is 42.0. The highest BCUT2D eigenvalue weighted by Crippen LogP contribution is 2.45. The number of allylic oxidation sites excluding steroid dienone is 4. The van der Waals surface area contributed by atoms with E-state index in [0.29, 0.717) is 25.7 Å². The normalized spacial score (nSPS) is 14.3. The van der Waals surface area contributed by atoms with Crippen molar-refractivity contribution < 1.29 is 80.2 Å². The van der Waals surface area contributed by atoms with Crippen LogP contribution in [0.25, 0.3) is 0 Å². The lowest BCUT2D eigenvalue weighted by molar-refractivity contribution is -0.161. The zero-order valence-electron chi connectivity index (χ0n) is 55.6. The van der Waals surface area contributed by atoms with Crippen LogP contribution in [0.2, 0.25) is 0 Å². The maximum Gasteiger partial charge on any atom is 0.472 e. The Bertz CT molecular complexity index is 1780. The second kappa shape index (κ2) is 61.1. The number of carbonyl (C=O) groups excluding carboxylic acids is 4. The van der Waals surface area contributed by atoms with Crippen LogP contribution >= 0.6 is 15.6 Å². The van der Waals surface area contributed by atoms with E-state index >= 15 is 0 Å². The molecule has 2 unspecified atom stereocenters. The minimum atomic E-state index is -4.96. The maximum atomic E-state index is 13.0. The van der Waals surface area contributed by atoms with Gasteiger partial charge in [0.05, 0.1) is 26.4 Å². The molecule has 512 valence electrons. The van der Waals surface area contributed by atoms with Crippen LogP contribution in [0.5, 0.6) is 0 Å². The van der Waals surface area contributed by atoms with Gasteiger partial charge in [0, 0.05) is 25.7 Å². The number of aliphatic hydroxyl groups is 1. The van der Waals surface area contributed by atoms with Gasteiger partial charge in [-0.15, -0.1) is 0 Å². The number of aliphatic hydroxyl groups excluding tert-OH is 1. The summed E-state index contributed by atoms with van der Waals surface area (Å²) in [5.41, 5.74) is 0. The number of rotatable bonds is 66. The number of unbranched alkanes of at least 4 members (excludes halogenated alkanes) is 35. The maximum absolute atomic E-state index is 13.0. The van der Waals surface area contributed by atoms with E-state index in [9.17, 15) is 43.2 Å². The van der Waals surface area contributed by atoms with E-state index in [4.69, 9.17) is 37.0 Å². The highest BCUT2D eigenvalue weighted by molar-refractivity contribution is 7.47. The van der Waals surface area contributed by atoms with Crippen LogP contribution in [-0.2, 0) is 65.4 Å². The highest BCUT2D eigenvalue weighted by Gasteiger charge is 2.30. The van der Waals surface area contributed by atoms with Gasteiger partial charge in [0.1, 0.15) is 19.3 Å². The van der Waals surface area contributed by atoms with Gasteiger partial charge in [0.25, 0.3) is 0 Å². The standard InChI is InChI=1S/C68H128O17P2/c1-6-9-12-15-17-19-21-23-25-27-29-33-37-42-47-52-66(71)79-58-64(85-67(72)53-48-43-38-34-30-28-26-24-22-20-18-16-13-10-7-2)60-83-87(76,77)81-56-62(69)55-80-86(74,75)82-59-63(57-78-65(70)51-46-40-14-11-8-3)84-68(73)54-49-44-39-35-31-32-36-41-45-50-61(4)5/h20,22,24,26,61-64,69H,6-19,21,23,25,27-60H2,1-5H3,(H,74,75)(H,76,77)/b22-20-,26-24-/t62-,63+,64+/m0/s1. The lowest BCUT2D eigenvalue weighted by Crippen LogP contribution is -2.30. The molecule has 0 aromatic carbocycles. The molecule has 0 aromatic rings. The molecule has 0 fully saturated rings. The molecule has 0 spiro atoms. The first-order valence-corrected chi connectivity index (χ1v) is 37.9. The van der Waals surface area contributed by atoms with E-state index in [2.05, 4.69) is 58.9 Å². The molecule has 0 amide bonds. The summed E-state index contributed by atoms with van der Waals surface area (Å²) in [6, 6.07) is 0. The third kappa shape index (κ3) is 62.1. The number of carbonyl (C=O) groups is 4. The Morgan fingerprint density at radius 2 is 0.621 bits per heavy atom. The molecular formula is C68H128O17P2. The van der Waals surface area contributed by atoms with Crippen molar-refractivity contribution >= 4 is 39.5 Å². The van der Waals surface area contributed by atoms with E-state index in [0.717, 1.165) is 115 Å². The van der Waals surface area contributed by atoms with E-state index in [-0.39, 0.29) is 25.7 Å². The quantitative estimate of drug-likeness (QED) is 0.0169. The zero-order valence-corrected chi connectivity index (χ0v) is 57.4. The van der Waals surface area contributed by atoms with Crippen LogP contribution in [0.15, 0.2) is 24.3 Å². The summed E-state index contributed by atoms with van der Waals surface area (Å²) in [5, 5.41) is 10.5. The lowest BCUT2D eigenvalue weighted by Gasteiger charge is -2.21. The molecule has 19 heteroatoms. The SMILES string of the molecule is CCCCCC/C=C\C=C/CCCCCCCC(=O)O[C@H](COC(=O)CCCCCCCCCCCCCCCCC)COP(=O)(O)OC[C@@H](O)COP(=O)(O)OC[C@@H](COC(=O)CCCCCCC)OC(=O)CCCCCCCCCCCC(C)C. The van der Waals surface area contributed by atoms with Gasteiger partial charge in [-0.3, -0.25) is 37.3 Å². The van der Waals surface area contributed by atoms with Crippen LogP contribution in [0.3, 0.4) is 0 Å². The van der Waals surface area contributed by atoms with Gasteiger partial charge in [-0.05, 0) is 57.3 Å². The first-order valence-electron chi connectivity index (χ1n) is 35.0. The van der Waals surface area contributed by atoms with E-state index in [1.54, 1.807) is 0 Å². The minimum Gasteiger partial charge on any atom is -0.462 e. The molecule has 0 saturated carbocycles. The van der Waals surface area contributed by atoms with Gasteiger partial charge in [-0.1, -0.05) is 271 Å². The van der Waals surface area contributed by atoms with Crippen molar-refractivity contribution in [3.63, 3.8) is 0 Å². The van der Waals surface area contributed by atoms with Gasteiger partial charge in [-0.2, -0.15) is 0 Å². The van der Waals surface area contributed by atoms with Crippen molar-refractivity contribution in [2.45, 2.75) is 342 Å². The van der Waals surface area contributed by atoms with Gasteiger partial charge in [0.15, 0.2) is 12.2 Å². The lowest BCUT2D eigenvalue weighted by atomic mass is 10.0. The predicted octanol–water partition coefficient (Wildman–Crippen LogP) is 18.9. The number of phosphoric ester groups is 2. The average Bonchev–Trinajstić information content (AvgIpc) is 3.50. The Morgan fingerprint density at radius 3 is 0.943 bits per heavy atom. The van der Waals surface area contributed by atoms with Crippen LogP contribution < -0.4 is 0 Å². The molecule has 0 rings (SSSR count). The van der Waals surface area contributed by atoms with Crippen LogP contribution in [0, 0.1) is 5.92 Å². The van der Waals surface area contributed by atoms with Crippen LogP contribution in [0.1, 0.15) is 324 Å². The molecule has 5 atom stereocenters. The topological polar surface area (TPSA) is 237 Å². The largest absolute Gasteiger partial charge is 0.472 e. The summed E-state index contributed by atoms with van der Waals surface area (Å²) in [6.07, 6.45) is 49.8. The minimum absolute atomic E-state index is 0.0854. The van der Waals surface area contributed by atoms with E-state index in [1.807, 2.05) is 0 Å². The first kappa shape index (κ1) is 84.5. The van der Waals surface area contributed by atoms with Crippen LogP contribution in [0.4, 0.5) is 0 Å². The van der Waals surface area contributed by atoms with Crippen molar-refractivity contribution in [1.82, 2.24) is 0 Å². The molecular weight excluding hydrogens is 1150 g/mol. The molecule has 17 nitrogen and oxygen atoms in total. The third-order valence-electron chi connectivity index (χ3n) is 15.2. The summed E-state index contributed by atoms with van der Waals surface area (Å²) >= 11 is 0. The molecule has 0 aliphatic carbocycles. The molecule has 3 N–H and O–H groups in total. The Balaban J connectivity index is 5.21. The number of phosphoric acid groups is 2. The van der Waals surface area contributed by atoms with Crippen molar-refractivity contribution in [1.29, 1.82) is 0 Å². The van der Waals surface area contributed by atoms with Crippen molar-refractivity contribution in [2.75, 3.05) is 39.6 Å². The molecule has 0 aliphatic heterocycles. The van der Waals surface area contributed by atoms with Gasteiger partial charge in [0.2, 0.25) is 0 Å². The number of hydrogen-bond donors (Lipinski definition) is 3. The predicted molar refractivity (Wildman–Crippen MR) is 349 cm³/mol. The molecule has 0 aliphatic rings. The fraction of sp³-hybridized carbons (Fsp3) is 0.882. The average molecular weight is 1280 g/mol.